The number of sulfonamides is 1. The minimum absolute atomic E-state index is 0.0893. The number of hydrogen-bond donors (Lipinski definition) is 2. The lowest BCUT2D eigenvalue weighted by molar-refractivity contribution is 0.375. The Balaban J connectivity index is 2.02. The quantitative estimate of drug-likeness (QED) is 0.817. The first kappa shape index (κ1) is 15.9. The zero-order chi connectivity index (χ0) is 15.5. The highest BCUT2D eigenvalue weighted by molar-refractivity contribution is 7.89. The number of halogens is 1. The Labute approximate surface area is 127 Å². The molecule has 3 N–H and O–H groups in total. The van der Waals surface area contributed by atoms with Crippen molar-refractivity contribution in [3.8, 4) is 0 Å². The molecular formula is C12H15ClN4O3S. The second kappa shape index (κ2) is 6.52. The summed E-state index contributed by atoms with van der Waals surface area (Å²) in [7, 11) is -3.64. The van der Waals surface area contributed by atoms with E-state index in [0.29, 0.717) is 28.7 Å². The van der Waals surface area contributed by atoms with Crippen molar-refractivity contribution in [3.05, 3.63) is 40.5 Å². The number of nitrogens with one attached hydrogen (secondary N) is 1. The lowest BCUT2D eigenvalue weighted by Gasteiger charge is -2.07. The lowest BCUT2D eigenvalue weighted by Crippen LogP contribution is -2.26. The van der Waals surface area contributed by atoms with E-state index in [1.54, 1.807) is 13.0 Å². The highest BCUT2D eigenvalue weighted by Crippen LogP contribution is 2.20. The van der Waals surface area contributed by atoms with Crippen LogP contribution in [0, 0.1) is 6.92 Å². The van der Waals surface area contributed by atoms with Crippen molar-refractivity contribution in [2.45, 2.75) is 24.8 Å². The molecule has 0 saturated carbocycles. The monoisotopic (exact) mass is 330 g/mol. The van der Waals surface area contributed by atoms with Crippen molar-refractivity contribution in [1.82, 2.24) is 14.9 Å². The summed E-state index contributed by atoms with van der Waals surface area (Å²) in [4.78, 5) is 4.08. The van der Waals surface area contributed by atoms with Gasteiger partial charge in [-0.05, 0) is 24.6 Å². The van der Waals surface area contributed by atoms with Crippen molar-refractivity contribution >= 4 is 21.6 Å². The Hall–Kier alpha value is -1.48. The molecule has 0 unspecified atom stereocenters. The first-order valence-corrected chi connectivity index (χ1v) is 8.06. The molecule has 0 amide bonds. The third kappa shape index (κ3) is 4.01. The minimum atomic E-state index is -3.64. The topological polar surface area (TPSA) is 111 Å². The highest BCUT2D eigenvalue weighted by atomic mass is 35.5. The fourth-order valence-corrected chi connectivity index (χ4v) is 3.06. The zero-order valence-electron chi connectivity index (χ0n) is 11.3. The third-order valence-corrected chi connectivity index (χ3v) is 4.57. The first-order valence-electron chi connectivity index (χ1n) is 6.20. The zero-order valence-corrected chi connectivity index (χ0v) is 12.9. The van der Waals surface area contributed by atoms with E-state index in [2.05, 4.69) is 14.9 Å². The van der Waals surface area contributed by atoms with Crippen LogP contribution < -0.4 is 10.5 Å². The van der Waals surface area contributed by atoms with Crippen LogP contribution in [0.2, 0.25) is 5.02 Å². The molecule has 0 aliphatic carbocycles. The molecule has 1 aromatic carbocycles. The fourth-order valence-electron chi connectivity index (χ4n) is 1.68. The van der Waals surface area contributed by atoms with Crippen molar-refractivity contribution in [3.63, 3.8) is 0 Å². The molecule has 0 radical (unpaired) electrons. The average Bonchev–Trinajstić information content (AvgIpc) is 2.84. The Morgan fingerprint density at radius 3 is 2.76 bits per heavy atom. The van der Waals surface area contributed by atoms with Crippen LogP contribution in [-0.2, 0) is 23.0 Å². The van der Waals surface area contributed by atoms with Gasteiger partial charge in [-0.2, -0.15) is 4.98 Å². The molecule has 0 saturated heterocycles. The summed E-state index contributed by atoms with van der Waals surface area (Å²) in [5.74, 6) is 0.892. The molecule has 0 atom stereocenters. The van der Waals surface area contributed by atoms with E-state index in [4.69, 9.17) is 21.9 Å². The van der Waals surface area contributed by atoms with Gasteiger partial charge >= 0.3 is 0 Å². The molecule has 1 aromatic heterocycles. The van der Waals surface area contributed by atoms with Crippen molar-refractivity contribution in [2.75, 3.05) is 6.54 Å². The van der Waals surface area contributed by atoms with Crippen molar-refractivity contribution < 1.29 is 12.9 Å². The van der Waals surface area contributed by atoms with Crippen LogP contribution in [0.1, 0.15) is 17.3 Å². The lowest BCUT2D eigenvalue weighted by atomic mass is 10.2. The molecule has 21 heavy (non-hydrogen) atoms. The molecule has 1 heterocycles. The largest absolute Gasteiger partial charge is 0.339 e. The van der Waals surface area contributed by atoms with Crippen LogP contribution in [0.4, 0.5) is 0 Å². The van der Waals surface area contributed by atoms with E-state index < -0.39 is 10.0 Å². The summed E-state index contributed by atoms with van der Waals surface area (Å²) in [5.41, 5.74) is 6.18. The molecule has 7 nitrogen and oxygen atoms in total. The Bertz CT molecular complexity index is 730. The molecule has 2 rings (SSSR count). The van der Waals surface area contributed by atoms with Gasteiger partial charge in [0.15, 0.2) is 5.82 Å². The summed E-state index contributed by atoms with van der Waals surface area (Å²) in [6.07, 6.45) is 0.314. The number of nitrogens with two attached hydrogens (primary N) is 1. The number of aryl methyl sites for hydroxylation is 1. The fraction of sp³-hybridized carbons (Fsp3) is 0.333. The van der Waals surface area contributed by atoms with Gasteiger partial charge in [0.05, 0.1) is 4.90 Å². The predicted octanol–water partition coefficient (Wildman–Crippen LogP) is 1.01. The van der Waals surface area contributed by atoms with Crippen LogP contribution in [0.3, 0.4) is 0 Å². The number of aromatic nitrogens is 2. The maximum absolute atomic E-state index is 12.1. The van der Waals surface area contributed by atoms with E-state index in [0.717, 1.165) is 0 Å². The van der Waals surface area contributed by atoms with Crippen molar-refractivity contribution in [1.29, 1.82) is 0 Å². The van der Waals surface area contributed by atoms with E-state index in [-0.39, 0.29) is 18.0 Å². The number of rotatable bonds is 6. The second-order valence-corrected chi connectivity index (χ2v) is 6.51. The van der Waals surface area contributed by atoms with Gasteiger partial charge in [0, 0.05) is 24.5 Å². The second-order valence-electron chi connectivity index (χ2n) is 4.34. The molecule has 0 aliphatic heterocycles. The molecule has 9 heteroatoms. The van der Waals surface area contributed by atoms with Gasteiger partial charge in [0.2, 0.25) is 15.9 Å². The van der Waals surface area contributed by atoms with Crippen LogP contribution in [0.15, 0.2) is 27.6 Å². The standard InChI is InChI=1S/C12H15ClN4O3S/c1-8-16-12(20-17-8)4-5-15-21(18,19)10-3-2-9(7-14)11(13)6-10/h2-3,6,15H,4-5,7,14H2,1H3. The molecule has 0 aliphatic rings. The van der Waals surface area contributed by atoms with Gasteiger partial charge in [-0.3, -0.25) is 0 Å². The molecule has 0 spiro atoms. The van der Waals surface area contributed by atoms with Gasteiger partial charge in [-0.25, -0.2) is 13.1 Å². The SMILES string of the molecule is Cc1noc(CCNS(=O)(=O)c2ccc(CN)c(Cl)c2)n1. The number of nitrogens with zero attached hydrogens (tertiary/aromatic N) is 2. The maximum atomic E-state index is 12.1. The van der Waals surface area contributed by atoms with Crippen LogP contribution in [0.25, 0.3) is 0 Å². The molecule has 0 fully saturated rings. The van der Waals surface area contributed by atoms with E-state index in [1.165, 1.54) is 12.1 Å². The van der Waals surface area contributed by atoms with E-state index in [1.807, 2.05) is 0 Å². The molecule has 2 aromatic rings. The first-order chi connectivity index (χ1) is 9.92. The van der Waals surface area contributed by atoms with Crippen LogP contribution in [-0.4, -0.2) is 25.1 Å². The summed E-state index contributed by atoms with van der Waals surface area (Å²) in [6, 6.07) is 4.44. The van der Waals surface area contributed by atoms with E-state index in [9.17, 15) is 8.42 Å². The summed E-state index contributed by atoms with van der Waals surface area (Å²) < 4.78 is 31.6. The highest BCUT2D eigenvalue weighted by Gasteiger charge is 2.15. The molecule has 0 bridgehead atoms. The summed E-state index contributed by atoms with van der Waals surface area (Å²) >= 11 is 5.96. The Kier molecular flexibility index (Phi) is 4.94. The maximum Gasteiger partial charge on any atom is 0.240 e. The average molecular weight is 331 g/mol. The number of hydrogen-bond acceptors (Lipinski definition) is 6. The summed E-state index contributed by atoms with van der Waals surface area (Å²) in [5, 5.41) is 3.95. The number of benzene rings is 1. The van der Waals surface area contributed by atoms with Crippen LogP contribution in [0.5, 0.6) is 0 Å². The Morgan fingerprint density at radius 2 is 2.19 bits per heavy atom. The smallest absolute Gasteiger partial charge is 0.240 e. The molecule has 114 valence electrons. The van der Waals surface area contributed by atoms with Gasteiger partial charge in [-0.15, -0.1) is 0 Å². The normalized spacial score (nSPS) is 11.8. The predicted molar refractivity (Wildman–Crippen MR) is 77.3 cm³/mol. The van der Waals surface area contributed by atoms with Crippen molar-refractivity contribution in [2.24, 2.45) is 5.73 Å². The van der Waals surface area contributed by atoms with Gasteiger partial charge in [-0.1, -0.05) is 22.8 Å². The van der Waals surface area contributed by atoms with Gasteiger partial charge in [0.1, 0.15) is 0 Å². The van der Waals surface area contributed by atoms with E-state index >= 15 is 0 Å². The third-order valence-electron chi connectivity index (χ3n) is 2.76. The minimum Gasteiger partial charge on any atom is -0.339 e. The van der Waals surface area contributed by atoms with Gasteiger partial charge in [0.25, 0.3) is 0 Å². The van der Waals surface area contributed by atoms with Gasteiger partial charge < -0.3 is 10.3 Å². The Morgan fingerprint density at radius 1 is 1.43 bits per heavy atom. The summed E-state index contributed by atoms with van der Waals surface area (Å²) in [6.45, 7) is 2.10. The van der Waals surface area contributed by atoms with Crippen LogP contribution >= 0.6 is 11.6 Å². The molecular weight excluding hydrogens is 316 g/mol.